The SMILES string of the molecule is CCc1ccc(C(C)(C)CNC(=O)CC2COCCN2)cc1. The molecule has 1 unspecified atom stereocenters. The number of ether oxygens (including phenoxy) is 1. The molecule has 22 heavy (non-hydrogen) atoms. The minimum absolute atomic E-state index is 0.0710. The predicted octanol–water partition coefficient (Wildman–Crippen LogP) is 2.02. The van der Waals surface area contributed by atoms with Crippen LogP contribution in [0.2, 0.25) is 0 Å². The van der Waals surface area contributed by atoms with E-state index in [-0.39, 0.29) is 17.4 Å². The van der Waals surface area contributed by atoms with E-state index in [1.807, 2.05) is 0 Å². The van der Waals surface area contributed by atoms with Crippen molar-refractivity contribution in [1.82, 2.24) is 10.6 Å². The van der Waals surface area contributed by atoms with Gasteiger partial charge in [0, 0.05) is 31.0 Å². The first-order valence-corrected chi connectivity index (χ1v) is 8.18. The highest BCUT2D eigenvalue weighted by Crippen LogP contribution is 2.22. The van der Waals surface area contributed by atoms with Crippen LogP contribution in [-0.4, -0.2) is 38.3 Å². The molecule has 1 aromatic rings. The third-order valence-electron chi connectivity index (χ3n) is 4.30. The summed E-state index contributed by atoms with van der Waals surface area (Å²) in [6.45, 7) is 9.31. The Morgan fingerprint density at radius 3 is 2.68 bits per heavy atom. The molecule has 1 aliphatic heterocycles. The molecule has 0 spiro atoms. The molecule has 0 aliphatic carbocycles. The molecule has 1 amide bonds. The first-order valence-electron chi connectivity index (χ1n) is 8.18. The second-order valence-electron chi connectivity index (χ2n) is 6.64. The molecule has 122 valence electrons. The van der Waals surface area contributed by atoms with Crippen LogP contribution in [0.5, 0.6) is 0 Å². The van der Waals surface area contributed by atoms with E-state index < -0.39 is 0 Å². The number of carbonyl (C=O) groups is 1. The van der Waals surface area contributed by atoms with Gasteiger partial charge in [-0.1, -0.05) is 45.0 Å². The lowest BCUT2D eigenvalue weighted by Crippen LogP contribution is -2.45. The maximum absolute atomic E-state index is 12.1. The predicted molar refractivity (Wildman–Crippen MR) is 89.1 cm³/mol. The standard InChI is InChI=1S/C18H28N2O2/c1-4-14-5-7-15(8-6-14)18(2,3)13-20-17(21)11-16-12-22-10-9-19-16/h5-8,16,19H,4,9-13H2,1-3H3,(H,20,21). The van der Waals surface area contributed by atoms with Gasteiger partial charge in [-0.25, -0.2) is 0 Å². The van der Waals surface area contributed by atoms with Crippen molar-refractivity contribution in [3.8, 4) is 0 Å². The minimum Gasteiger partial charge on any atom is -0.378 e. The van der Waals surface area contributed by atoms with Crippen LogP contribution in [0.4, 0.5) is 0 Å². The number of rotatable bonds is 6. The molecule has 2 rings (SSSR count). The summed E-state index contributed by atoms with van der Waals surface area (Å²) in [4.78, 5) is 12.1. The Kier molecular flexibility index (Phi) is 5.98. The van der Waals surface area contributed by atoms with Crippen molar-refractivity contribution in [1.29, 1.82) is 0 Å². The van der Waals surface area contributed by atoms with Crippen molar-refractivity contribution < 1.29 is 9.53 Å². The smallest absolute Gasteiger partial charge is 0.221 e. The summed E-state index contributed by atoms with van der Waals surface area (Å²) in [6.07, 6.45) is 1.53. The summed E-state index contributed by atoms with van der Waals surface area (Å²) >= 11 is 0. The molecular weight excluding hydrogens is 276 g/mol. The number of benzene rings is 1. The van der Waals surface area contributed by atoms with E-state index in [1.165, 1.54) is 11.1 Å². The molecule has 0 aromatic heterocycles. The quantitative estimate of drug-likeness (QED) is 0.845. The van der Waals surface area contributed by atoms with Gasteiger partial charge in [0.15, 0.2) is 0 Å². The Morgan fingerprint density at radius 2 is 2.09 bits per heavy atom. The van der Waals surface area contributed by atoms with Crippen LogP contribution in [0.25, 0.3) is 0 Å². The van der Waals surface area contributed by atoms with Gasteiger partial charge < -0.3 is 15.4 Å². The summed E-state index contributed by atoms with van der Waals surface area (Å²) in [5.41, 5.74) is 2.52. The Bertz CT molecular complexity index is 476. The number of nitrogens with one attached hydrogen (secondary N) is 2. The average molecular weight is 304 g/mol. The monoisotopic (exact) mass is 304 g/mol. The van der Waals surface area contributed by atoms with E-state index in [2.05, 4.69) is 55.7 Å². The Morgan fingerprint density at radius 1 is 1.36 bits per heavy atom. The first kappa shape index (κ1) is 17.0. The van der Waals surface area contributed by atoms with Crippen LogP contribution in [0.15, 0.2) is 24.3 Å². The van der Waals surface area contributed by atoms with Gasteiger partial charge in [-0.15, -0.1) is 0 Å². The molecule has 1 aliphatic rings. The summed E-state index contributed by atoms with van der Waals surface area (Å²) < 4.78 is 5.38. The van der Waals surface area contributed by atoms with Gasteiger partial charge in [0.25, 0.3) is 0 Å². The molecule has 4 nitrogen and oxygen atoms in total. The van der Waals surface area contributed by atoms with Gasteiger partial charge >= 0.3 is 0 Å². The van der Waals surface area contributed by atoms with Crippen LogP contribution >= 0.6 is 0 Å². The lowest BCUT2D eigenvalue weighted by molar-refractivity contribution is -0.122. The number of morpholine rings is 1. The average Bonchev–Trinajstić information content (AvgIpc) is 2.54. The van der Waals surface area contributed by atoms with Gasteiger partial charge in [0.1, 0.15) is 0 Å². The Hall–Kier alpha value is -1.39. The molecule has 1 aromatic carbocycles. The number of amides is 1. The third kappa shape index (κ3) is 4.82. The highest BCUT2D eigenvalue weighted by molar-refractivity contribution is 5.76. The fourth-order valence-corrected chi connectivity index (χ4v) is 2.66. The van der Waals surface area contributed by atoms with E-state index >= 15 is 0 Å². The van der Waals surface area contributed by atoms with Crippen LogP contribution in [0.3, 0.4) is 0 Å². The van der Waals surface area contributed by atoms with Crippen molar-refractivity contribution >= 4 is 5.91 Å². The van der Waals surface area contributed by atoms with Gasteiger partial charge in [0.05, 0.1) is 13.2 Å². The van der Waals surface area contributed by atoms with E-state index in [4.69, 9.17) is 4.74 Å². The normalized spacial score (nSPS) is 19.0. The Balaban J connectivity index is 1.83. The summed E-state index contributed by atoms with van der Waals surface area (Å²) in [7, 11) is 0. The van der Waals surface area contributed by atoms with Gasteiger partial charge in [-0.2, -0.15) is 0 Å². The minimum atomic E-state index is -0.0710. The molecule has 1 fully saturated rings. The van der Waals surface area contributed by atoms with E-state index in [0.717, 1.165) is 19.6 Å². The topological polar surface area (TPSA) is 50.4 Å². The molecule has 0 bridgehead atoms. The van der Waals surface area contributed by atoms with E-state index in [9.17, 15) is 4.79 Å². The number of hydrogen-bond donors (Lipinski definition) is 2. The molecular formula is C18H28N2O2. The maximum Gasteiger partial charge on any atom is 0.221 e. The zero-order chi connectivity index (χ0) is 16.0. The molecule has 4 heteroatoms. The first-order chi connectivity index (χ1) is 10.5. The van der Waals surface area contributed by atoms with Crippen molar-refractivity contribution in [3.05, 3.63) is 35.4 Å². The molecule has 1 saturated heterocycles. The lowest BCUT2D eigenvalue weighted by atomic mass is 9.84. The van der Waals surface area contributed by atoms with Gasteiger partial charge in [0.2, 0.25) is 5.91 Å². The second kappa shape index (κ2) is 7.75. The Labute approximate surface area is 133 Å². The fourth-order valence-electron chi connectivity index (χ4n) is 2.66. The second-order valence-corrected chi connectivity index (χ2v) is 6.64. The molecule has 2 N–H and O–H groups in total. The van der Waals surface area contributed by atoms with Crippen LogP contribution in [0.1, 0.15) is 38.3 Å². The van der Waals surface area contributed by atoms with Crippen molar-refractivity contribution in [2.75, 3.05) is 26.3 Å². The van der Waals surface area contributed by atoms with Crippen LogP contribution in [-0.2, 0) is 21.4 Å². The highest BCUT2D eigenvalue weighted by atomic mass is 16.5. The van der Waals surface area contributed by atoms with E-state index in [1.54, 1.807) is 0 Å². The van der Waals surface area contributed by atoms with Gasteiger partial charge in [-0.05, 0) is 17.5 Å². The molecule has 0 radical (unpaired) electrons. The lowest BCUT2D eigenvalue weighted by Gasteiger charge is -2.27. The molecule has 1 atom stereocenters. The van der Waals surface area contributed by atoms with Crippen LogP contribution < -0.4 is 10.6 Å². The number of hydrogen-bond acceptors (Lipinski definition) is 3. The number of carbonyl (C=O) groups excluding carboxylic acids is 1. The molecule has 1 heterocycles. The van der Waals surface area contributed by atoms with Crippen molar-refractivity contribution in [3.63, 3.8) is 0 Å². The fraction of sp³-hybridized carbons (Fsp3) is 0.611. The number of aryl methyl sites for hydroxylation is 1. The van der Waals surface area contributed by atoms with Crippen molar-refractivity contribution in [2.24, 2.45) is 0 Å². The largest absolute Gasteiger partial charge is 0.378 e. The summed E-state index contributed by atoms with van der Waals surface area (Å²) in [5, 5.41) is 6.37. The summed E-state index contributed by atoms with van der Waals surface area (Å²) in [6, 6.07) is 8.81. The van der Waals surface area contributed by atoms with E-state index in [0.29, 0.717) is 19.6 Å². The summed E-state index contributed by atoms with van der Waals surface area (Å²) in [5.74, 6) is 0.0845. The highest BCUT2D eigenvalue weighted by Gasteiger charge is 2.23. The maximum atomic E-state index is 12.1. The van der Waals surface area contributed by atoms with Gasteiger partial charge in [-0.3, -0.25) is 4.79 Å². The van der Waals surface area contributed by atoms with Crippen LogP contribution in [0, 0.1) is 0 Å². The van der Waals surface area contributed by atoms with Crippen molar-refractivity contribution in [2.45, 2.75) is 45.1 Å². The third-order valence-corrected chi connectivity index (χ3v) is 4.30. The zero-order valence-electron chi connectivity index (χ0n) is 13.9. The zero-order valence-corrected chi connectivity index (χ0v) is 13.9. The molecule has 0 saturated carbocycles.